The fraction of sp³-hybridized carbons (Fsp3) is 0.0625. The van der Waals surface area contributed by atoms with E-state index in [1.807, 2.05) is 24.3 Å². The molecule has 0 bridgehead atoms. The predicted molar refractivity (Wildman–Crippen MR) is 81.5 cm³/mol. The van der Waals surface area contributed by atoms with Crippen LogP contribution in [0.1, 0.15) is 11.1 Å². The SMILES string of the molecule is O=C(O)/C=C/c1cc(F)ccc1OCc1cccc(Br)c1. The molecule has 2 aromatic carbocycles. The average Bonchev–Trinajstić information content (AvgIpc) is 2.44. The summed E-state index contributed by atoms with van der Waals surface area (Å²) >= 11 is 3.37. The second kappa shape index (κ2) is 7.04. The molecule has 5 heteroatoms. The van der Waals surface area contributed by atoms with Crippen LogP contribution in [0.2, 0.25) is 0 Å². The van der Waals surface area contributed by atoms with Crippen LogP contribution in [0.25, 0.3) is 6.08 Å². The van der Waals surface area contributed by atoms with E-state index in [-0.39, 0.29) is 0 Å². The summed E-state index contributed by atoms with van der Waals surface area (Å²) in [6.45, 7) is 0.305. The van der Waals surface area contributed by atoms with E-state index in [1.54, 1.807) is 0 Å². The smallest absolute Gasteiger partial charge is 0.328 e. The lowest BCUT2D eigenvalue weighted by Gasteiger charge is -2.09. The first kappa shape index (κ1) is 15.3. The Hall–Kier alpha value is -2.14. The third-order valence-corrected chi connectivity index (χ3v) is 3.15. The third kappa shape index (κ3) is 4.72. The van der Waals surface area contributed by atoms with Crippen molar-refractivity contribution in [2.24, 2.45) is 0 Å². The van der Waals surface area contributed by atoms with Crippen LogP contribution in [0, 0.1) is 5.82 Å². The summed E-state index contributed by atoms with van der Waals surface area (Å²) in [7, 11) is 0. The standard InChI is InChI=1S/C16H12BrFO3/c17-13-3-1-2-11(8-13)10-21-15-6-5-14(18)9-12(15)4-7-16(19)20/h1-9H,10H2,(H,19,20)/b7-4+. The van der Waals surface area contributed by atoms with Crippen LogP contribution >= 0.6 is 15.9 Å². The van der Waals surface area contributed by atoms with Crippen LogP contribution < -0.4 is 4.74 Å². The number of aliphatic carboxylic acids is 1. The van der Waals surface area contributed by atoms with E-state index in [1.165, 1.54) is 24.3 Å². The molecule has 0 radical (unpaired) electrons. The topological polar surface area (TPSA) is 46.5 Å². The molecule has 0 saturated carbocycles. The van der Waals surface area contributed by atoms with Crippen molar-refractivity contribution < 1.29 is 19.0 Å². The molecule has 0 atom stereocenters. The molecule has 21 heavy (non-hydrogen) atoms. The number of carboxylic acid groups (broad SMARTS) is 1. The predicted octanol–water partition coefficient (Wildman–Crippen LogP) is 4.27. The highest BCUT2D eigenvalue weighted by molar-refractivity contribution is 9.10. The van der Waals surface area contributed by atoms with E-state index in [4.69, 9.17) is 9.84 Å². The number of benzene rings is 2. The monoisotopic (exact) mass is 350 g/mol. The fourth-order valence-corrected chi connectivity index (χ4v) is 2.18. The number of rotatable bonds is 5. The third-order valence-electron chi connectivity index (χ3n) is 2.66. The zero-order chi connectivity index (χ0) is 15.2. The van der Waals surface area contributed by atoms with Gasteiger partial charge in [-0.25, -0.2) is 9.18 Å². The molecule has 0 saturated heterocycles. The Morgan fingerprint density at radius 3 is 2.81 bits per heavy atom. The Bertz CT molecular complexity index is 683. The van der Waals surface area contributed by atoms with Crippen molar-refractivity contribution >= 4 is 28.0 Å². The summed E-state index contributed by atoms with van der Waals surface area (Å²) in [5.41, 5.74) is 1.33. The molecule has 0 aromatic heterocycles. The molecule has 2 aromatic rings. The second-order valence-corrected chi connectivity index (χ2v) is 5.19. The van der Waals surface area contributed by atoms with E-state index < -0.39 is 11.8 Å². The summed E-state index contributed by atoms with van der Waals surface area (Å²) in [4.78, 5) is 10.6. The van der Waals surface area contributed by atoms with Crippen molar-refractivity contribution in [1.82, 2.24) is 0 Å². The number of carbonyl (C=O) groups is 1. The van der Waals surface area contributed by atoms with Crippen molar-refractivity contribution in [3.05, 3.63) is 70.0 Å². The number of carboxylic acids is 1. The molecule has 0 heterocycles. The molecule has 108 valence electrons. The molecule has 0 amide bonds. The van der Waals surface area contributed by atoms with Crippen molar-refractivity contribution in [2.45, 2.75) is 6.61 Å². The van der Waals surface area contributed by atoms with Crippen LogP contribution in [0.3, 0.4) is 0 Å². The maximum atomic E-state index is 13.2. The van der Waals surface area contributed by atoms with E-state index in [9.17, 15) is 9.18 Å². The van der Waals surface area contributed by atoms with Gasteiger partial charge in [0.1, 0.15) is 18.2 Å². The van der Waals surface area contributed by atoms with Crippen LogP contribution in [0.5, 0.6) is 5.75 Å². The molecule has 0 spiro atoms. The lowest BCUT2D eigenvalue weighted by Crippen LogP contribution is -1.97. The lowest BCUT2D eigenvalue weighted by molar-refractivity contribution is -0.131. The van der Waals surface area contributed by atoms with Gasteiger partial charge < -0.3 is 9.84 Å². The molecule has 0 fully saturated rings. The summed E-state index contributed by atoms with van der Waals surface area (Å²) in [5.74, 6) is -1.12. The van der Waals surface area contributed by atoms with Gasteiger partial charge in [-0.1, -0.05) is 28.1 Å². The molecule has 0 unspecified atom stereocenters. The fourth-order valence-electron chi connectivity index (χ4n) is 1.73. The molecule has 0 aliphatic carbocycles. The lowest BCUT2D eigenvalue weighted by atomic mass is 10.1. The van der Waals surface area contributed by atoms with Crippen molar-refractivity contribution in [3.8, 4) is 5.75 Å². The van der Waals surface area contributed by atoms with Crippen LogP contribution in [0.4, 0.5) is 4.39 Å². The Kier molecular flexibility index (Phi) is 5.11. The molecular weight excluding hydrogens is 339 g/mol. The number of ether oxygens (including phenoxy) is 1. The molecular formula is C16H12BrFO3. The Morgan fingerprint density at radius 1 is 1.29 bits per heavy atom. The van der Waals surface area contributed by atoms with E-state index in [2.05, 4.69) is 15.9 Å². The van der Waals surface area contributed by atoms with Crippen molar-refractivity contribution in [2.75, 3.05) is 0 Å². The minimum atomic E-state index is -1.10. The minimum absolute atomic E-state index is 0.305. The highest BCUT2D eigenvalue weighted by Crippen LogP contribution is 2.23. The molecule has 2 rings (SSSR count). The van der Waals surface area contributed by atoms with Crippen LogP contribution in [-0.2, 0) is 11.4 Å². The molecule has 3 nitrogen and oxygen atoms in total. The quantitative estimate of drug-likeness (QED) is 0.819. The van der Waals surface area contributed by atoms with Gasteiger partial charge in [-0.15, -0.1) is 0 Å². The largest absolute Gasteiger partial charge is 0.488 e. The maximum absolute atomic E-state index is 13.2. The minimum Gasteiger partial charge on any atom is -0.488 e. The summed E-state index contributed by atoms with van der Waals surface area (Å²) in [6.07, 6.45) is 2.25. The first-order chi connectivity index (χ1) is 10.0. The highest BCUT2D eigenvalue weighted by atomic mass is 79.9. The van der Waals surface area contributed by atoms with Crippen molar-refractivity contribution in [3.63, 3.8) is 0 Å². The van der Waals surface area contributed by atoms with Crippen LogP contribution in [-0.4, -0.2) is 11.1 Å². The van der Waals surface area contributed by atoms with Gasteiger partial charge in [0.2, 0.25) is 0 Å². The maximum Gasteiger partial charge on any atom is 0.328 e. The summed E-state index contributed by atoms with van der Waals surface area (Å²) in [6, 6.07) is 11.6. The average molecular weight is 351 g/mol. The Labute approximate surface area is 129 Å². The summed E-state index contributed by atoms with van der Waals surface area (Å²) < 4.78 is 19.8. The Balaban J connectivity index is 2.17. The molecule has 1 N–H and O–H groups in total. The first-order valence-electron chi connectivity index (χ1n) is 6.12. The second-order valence-electron chi connectivity index (χ2n) is 4.27. The van der Waals surface area contributed by atoms with Gasteiger partial charge in [-0.05, 0) is 42.0 Å². The normalized spacial score (nSPS) is 10.8. The van der Waals surface area contributed by atoms with Gasteiger partial charge in [0.05, 0.1) is 0 Å². The van der Waals surface area contributed by atoms with Gasteiger partial charge in [0, 0.05) is 16.1 Å². The highest BCUT2D eigenvalue weighted by Gasteiger charge is 2.04. The molecule has 0 aliphatic heterocycles. The van der Waals surface area contributed by atoms with Gasteiger partial charge >= 0.3 is 5.97 Å². The van der Waals surface area contributed by atoms with E-state index in [0.29, 0.717) is 17.9 Å². The number of hydrogen-bond acceptors (Lipinski definition) is 2. The van der Waals surface area contributed by atoms with Crippen LogP contribution in [0.15, 0.2) is 53.0 Å². The van der Waals surface area contributed by atoms with Gasteiger partial charge in [0.25, 0.3) is 0 Å². The van der Waals surface area contributed by atoms with Gasteiger partial charge in [0.15, 0.2) is 0 Å². The van der Waals surface area contributed by atoms with E-state index >= 15 is 0 Å². The number of hydrogen-bond donors (Lipinski definition) is 1. The Morgan fingerprint density at radius 2 is 2.10 bits per heavy atom. The van der Waals surface area contributed by atoms with Crippen molar-refractivity contribution in [1.29, 1.82) is 0 Å². The zero-order valence-electron chi connectivity index (χ0n) is 10.9. The van der Waals surface area contributed by atoms with Gasteiger partial charge in [-0.3, -0.25) is 0 Å². The first-order valence-corrected chi connectivity index (χ1v) is 6.92. The van der Waals surface area contributed by atoms with E-state index in [0.717, 1.165) is 16.1 Å². The number of halogens is 2. The summed E-state index contributed by atoms with van der Waals surface area (Å²) in [5, 5.41) is 8.65. The zero-order valence-corrected chi connectivity index (χ0v) is 12.5. The van der Waals surface area contributed by atoms with Gasteiger partial charge in [-0.2, -0.15) is 0 Å². The molecule has 0 aliphatic rings.